The maximum atomic E-state index is 12.5. The van der Waals surface area contributed by atoms with Crippen molar-refractivity contribution in [2.24, 2.45) is 0 Å². The summed E-state index contributed by atoms with van der Waals surface area (Å²) in [6.45, 7) is 0.109. The van der Waals surface area contributed by atoms with E-state index in [2.05, 4.69) is 0 Å². The molecule has 0 N–H and O–H groups in total. The number of benzene rings is 2. The van der Waals surface area contributed by atoms with Crippen LogP contribution in [-0.2, 0) is 16.6 Å². The lowest BCUT2D eigenvalue weighted by atomic mass is 10.2. The maximum absolute atomic E-state index is 12.5. The van der Waals surface area contributed by atoms with Crippen molar-refractivity contribution >= 4 is 15.9 Å². The molecule has 0 radical (unpaired) electrons. The molecular weight excluding hydrogens is 306 g/mol. The van der Waals surface area contributed by atoms with Crippen molar-refractivity contribution in [2.75, 3.05) is 6.79 Å². The first kappa shape index (κ1) is 13.1. The minimum Gasteiger partial charge on any atom is -0.454 e. The molecule has 2 aromatic carbocycles. The average molecular weight is 317 g/mol. The van der Waals surface area contributed by atoms with Gasteiger partial charge in [-0.25, -0.2) is 12.7 Å². The minimum absolute atomic E-state index is 0.0352. The number of carbonyl (C=O) groups is 1. The highest BCUT2D eigenvalue weighted by Crippen LogP contribution is 2.35. The molecule has 2 aliphatic rings. The number of fused-ring (bicyclic) bond motifs is 2. The molecule has 2 heterocycles. The highest BCUT2D eigenvalue weighted by Gasteiger charge is 2.40. The topological polar surface area (TPSA) is 72.9 Å². The fourth-order valence-corrected chi connectivity index (χ4v) is 4.15. The van der Waals surface area contributed by atoms with E-state index >= 15 is 0 Å². The van der Waals surface area contributed by atoms with Crippen molar-refractivity contribution in [2.45, 2.75) is 11.4 Å². The van der Waals surface area contributed by atoms with Crippen LogP contribution in [0.4, 0.5) is 0 Å². The molecule has 0 saturated carbocycles. The largest absolute Gasteiger partial charge is 0.454 e. The summed E-state index contributed by atoms with van der Waals surface area (Å²) in [4.78, 5) is 12.4. The molecule has 2 aromatic rings. The van der Waals surface area contributed by atoms with Crippen LogP contribution in [0.2, 0.25) is 0 Å². The Morgan fingerprint density at radius 3 is 2.64 bits per heavy atom. The van der Waals surface area contributed by atoms with E-state index in [1.807, 2.05) is 0 Å². The molecular formula is C15H11NO5S. The Morgan fingerprint density at radius 2 is 1.82 bits per heavy atom. The average Bonchev–Trinajstić information content (AvgIpc) is 3.05. The van der Waals surface area contributed by atoms with Gasteiger partial charge >= 0.3 is 0 Å². The van der Waals surface area contributed by atoms with Crippen LogP contribution >= 0.6 is 0 Å². The Bertz CT molecular complexity index is 891. The van der Waals surface area contributed by atoms with E-state index in [4.69, 9.17) is 9.47 Å². The summed E-state index contributed by atoms with van der Waals surface area (Å²) < 4.78 is 36.3. The smallest absolute Gasteiger partial charge is 0.269 e. The minimum atomic E-state index is -3.80. The van der Waals surface area contributed by atoms with E-state index in [9.17, 15) is 13.2 Å². The summed E-state index contributed by atoms with van der Waals surface area (Å²) in [7, 11) is -3.80. The number of hydrogen-bond donors (Lipinski definition) is 0. The van der Waals surface area contributed by atoms with Crippen molar-refractivity contribution in [3.05, 3.63) is 53.6 Å². The van der Waals surface area contributed by atoms with Gasteiger partial charge in [0.15, 0.2) is 11.5 Å². The van der Waals surface area contributed by atoms with E-state index in [-0.39, 0.29) is 23.8 Å². The molecule has 0 fully saturated rings. The number of rotatable bonds is 2. The number of sulfonamides is 1. The molecule has 4 rings (SSSR count). The number of nitrogens with zero attached hydrogens (tertiary/aromatic N) is 1. The summed E-state index contributed by atoms with van der Waals surface area (Å²) in [6.07, 6.45) is 0. The Balaban J connectivity index is 1.71. The molecule has 0 saturated heterocycles. The van der Waals surface area contributed by atoms with Gasteiger partial charge in [0.1, 0.15) is 4.90 Å². The van der Waals surface area contributed by atoms with Crippen LogP contribution in [0.5, 0.6) is 11.5 Å². The summed E-state index contributed by atoms with van der Waals surface area (Å²) in [5.41, 5.74) is 0.872. The molecule has 0 bridgehead atoms. The van der Waals surface area contributed by atoms with Crippen LogP contribution < -0.4 is 9.47 Å². The van der Waals surface area contributed by atoms with E-state index in [0.717, 1.165) is 4.31 Å². The van der Waals surface area contributed by atoms with Crippen LogP contribution in [0.1, 0.15) is 15.9 Å². The lowest BCUT2D eigenvalue weighted by molar-refractivity contribution is 0.0865. The second-order valence-corrected chi connectivity index (χ2v) is 6.83. The van der Waals surface area contributed by atoms with Gasteiger partial charge in [0.2, 0.25) is 6.79 Å². The lowest BCUT2D eigenvalue weighted by Crippen LogP contribution is -2.29. The number of carbonyl (C=O) groups excluding carboxylic acids is 1. The maximum Gasteiger partial charge on any atom is 0.269 e. The van der Waals surface area contributed by atoms with Gasteiger partial charge in [-0.15, -0.1) is 0 Å². The zero-order chi connectivity index (χ0) is 15.3. The van der Waals surface area contributed by atoms with Gasteiger partial charge in [-0.3, -0.25) is 4.79 Å². The fraction of sp³-hybridized carbons (Fsp3) is 0.133. The van der Waals surface area contributed by atoms with Gasteiger partial charge in [0.25, 0.3) is 15.9 Å². The summed E-state index contributed by atoms with van der Waals surface area (Å²) in [5, 5.41) is 0. The molecule has 6 nitrogen and oxygen atoms in total. The molecule has 7 heteroatoms. The zero-order valence-corrected chi connectivity index (χ0v) is 12.2. The second kappa shape index (κ2) is 4.48. The van der Waals surface area contributed by atoms with Crippen molar-refractivity contribution in [1.82, 2.24) is 4.31 Å². The van der Waals surface area contributed by atoms with Gasteiger partial charge in [0, 0.05) is 0 Å². The van der Waals surface area contributed by atoms with E-state index in [0.29, 0.717) is 17.1 Å². The lowest BCUT2D eigenvalue weighted by Gasteiger charge is -2.15. The number of ether oxygens (including phenoxy) is 2. The molecule has 1 amide bonds. The Morgan fingerprint density at radius 1 is 1.05 bits per heavy atom. The van der Waals surface area contributed by atoms with Crippen molar-refractivity contribution in [3.63, 3.8) is 0 Å². The predicted molar refractivity (Wildman–Crippen MR) is 76.1 cm³/mol. The van der Waals surface area contributed by atoms with Gasteiger partial charge in [-0.1, -0.05) is 18.2 Å². The quantitative estimate of drug-likeness (QED) is 0.844. The van der Waals surface area contributed by atoms with Crippen molar-refractivity contribution in [3.8, 4) is 11.5 Å². The predicted octanol–water partition coefficient (Wildman–Crippen LogP) is 1.76. The van der Waals surface area contributed by atoms with Crippen LogP contribution in [0.15, 0.2) is 47.4 Å². The zero-order valence-electron chi connectivity index (χ0n) is 11.4. The van der Waals surface area contributed by atoms with Crippen LogP contribution in [-0.4, -0.2) is 25.4 Å². The third kappa shape index (κ3) is 1.79. The van der Waals surface area contributed by atoms with Gasteiger partial charge in [0.05, 0.1) is 12.1 Å². The fourth-order valence-electron chi connectivity index (χ4n) is 2.59. The molecule has 0 atom stereocenters. The molecule has 112 valence electrons. The summed E-state index contributed by atoms with van der Waals surface area (Å²) >= 11 is 0. The molecule has 0 aliphatic carbocycles. The Kier molecular flexibility index (Phi) is 2.67. The first-order valence-corrected chi connectivity index (χ1v) is 8.06. The molecule has 22 heavy (non-hydrogen) atoms. The third-order valence-electron chi connectivity index (χ3n) is 3.68. The second-order valence-electron chi connectivity index (χ2n) is 5.00. The van der Waals surface area contributed by atoms with E-state index in [1.165, 1.54) is 12.1 Å². The van der Waals surface area contributed by atoms with Gasteiger partial charge in [-0.05, 0) is 29.8 Å². The van der Waals surface area contributed by atoms with Gasteiger partial charge in [-0.2, -0.15) is 0 Å². The van der Waals surface area contributed by atoms with Crippen LogP contribution in [0, 0.1) is 0 Å². The van der Waals surface area contributed by atoms with Crippen LogP contribution in [0.3, 0.4) is 0 Å². The molecule has 0 aromatic heterocycles. The SMILES string of the molecule is O=C1c2ccccc2S(=O)(=O)N1Cc1ccc2c(c1)OCO2. The monoisotopic (exact) mass is 317 g/mol. The number of hydrogen-bond acceptors (Lipinski definition) is 5. The van der Waals surface area contributed by atoms with Gasteiger partial charge < -0.3 is 9.47 Å². The highest BCUT2D eigenvalue weighted by atomic mass is 32.2. The Hall–Kier alpha value is -2.54. The van der Waals surface area contributed by atoms with E-state index in [1.54, 1.807) is 30.3 Å². The summed E-state index contributed by atoms with van der Waals surface area (Å²) in [5.74, 6) is 0.662. The first-order valence-electron chi connectivity index (χ1n) is 6.62. The number of amides is 1. The molecule has 2 aliphatic heterocycles. The first-order chi connectivity index (χ1) is 10.6. The summed E-state index contributed by atoms with van der Waals surface area (Å²) in [6, 6.07) is 11.3. The third-order valence-corrected chi connectivity index (χ3v) is 5.46. The van der Waals surface area contributed by atoms with Crippen molar-refractivity contribution in [1.29, 1.82) is 0 Å². The molecule has 0 unspecified atom stereocenters. The highest BCUT2D eigenvalue weighted by molar-refractivity contribution is 7.90. The van der Waals surface area contributed by atoms with E-state index < -0.39 is 15.9 Å². The van der Waals surface area contributed by atoms with Crippen molar-refractivity contribution < 1.29 is 22.7 Å². The molecule has 0 spiro atoms. The normalized spacial score (nSPS) is 17.6. The Labute approximate surface area is 126 Å². The standard InChI is InChI=1S/C15H11NO5S/c17-15-11-3-1-2-4-14(11)22(18,19)16(15)8-10-5-6-12-13(7-10)21-9-20-12/h1-7H,8-9H2. The van der Waals surface area contributed by atoms with Crippen LogP contribution in [0.25, 0.3) is 0 Å².